The molecular weight excluding hydrogens is 262 g/mol. The second-order valence-electron chi connectivity index (χ2n) is 4.81. The number of rotatable bonds is 7. The highest BCUT2D eigenvalue weighted by Gasteiger charge is 2.11. The first kappa shape index (κ1) is 16.0. The SMILES string of the molecule is Cc1cc(Cl)c(C(=O)NCCCCCCO)cc1C. The van der Waals surface area contributed by atoms with Crippen LogP contribution in [0.2, 0.25) is 5.02 Å². The molecule has 0 bridgehead atoms. The third-order valence-corrected chi connectivity index (χ3v) is 3.51. The Balaban J connectivity index is 2.43. The number of unbranched alkanes of at least 4 members (excludes halogenated alkanes) is 3. The van der Waals surface area contributed by atoms with Gasteiger partial charge in [-0.3, -0.25) is 4.79 Å². The summed E-state index contributed by atoms with van der Waals surface area (Å²) < 4.78 is 0. The molecule has 0 fully saturated rings. The molecule has 0 aliphatic carbocycles. The van der Waals surface area contributed by atoms with Crippen molar-refractivity contribution in [3.05, 3.63) is 33.8 Å². The standard InChI is InChI=1S/C15H22ClNO2/c1-11-9-13(14(16)10-12(11)2)15(19)17-7-5-3-4-6-8-18/h9-10,18H,3-8H2,1-2H3,(H,17,19). The maximum atomic E-state index is 12.0. The van der Waals surface area contributed by atoms with Crippen LogP contribution in [0.1, 0.15) is 47.2 Å². The van der Waals surface area contributed by atoms with Gasteiger partial charge in [0.15, 0.2) is 0 Å². The highest BCUT2D eigenvalue weighted by Crippen LogP contribution is 2.20. The number of hydrogen-bond donors (Lipinski definition) is 2. The van der Waals surface area contributed by atoms with Crippen molar-refractivity contribution in [1.82, 2.24) is 5.32 Å². The molecule has 0 unspecified atom stereocenters. The monoisotopic (exact) mass is 283 g/mol. The fourth-order valence-electron chi connectivity index (χ4n) is 1.84. The smallest absolute Gasteiger partial charge is 0.252 e. The fraction of sp³-hybridized carbons (Fsp3) is 0.533. The lowest BCUT2D eigenvalue weighted by atomic mass is 10.1. The van der Waals surface area contributed by atoms with E-state index in [0.717, 1.165) is 36.8 Å². The summed E-state index contributed by atoms with van der Waals surface area (Å²) in [6.07, 6.45) is 3.77. The second kappa shape index (κ2) is 8.18. The minimum atomic E-state index is -0.116. The van der Waals surface area contributed by atoms with Crippen molar-refractivity contribution in [2.45, 2.75) is 39.5 Å². The number of amides is 1. The van der Waals surface area contributed by atoms with Crippen molar-refractivity contribution >= 4 is 17.5 Å². The number of carbonyl (C=O) groups is 1. The molecule has 0 aromatic heterocycles. The average molecular weight is 284 g/mol. The van der Waals surface area contributed by atoms with E-state index >= 15 is 0 Å². The molecule has 1 aromatic carbocycles. The summed E-state index contributed by atoms with van der Waals surface area (Å²) in [6.45, 7) is 4.83. The summed E-state index contributed by atoms with van der Waals surface area (Å²) in [6, 6.07) is 3.66. The van der Waals surface area contributed by atoms with E-state index in [1.165, 1.54) is 0 Å². The molecule has 0 saturated heterocycles. The van der Waals surface area contributed by atoms with Gasteiger partial charge in [-0.2, -0.15) is 0 Å². The Hall–Kier alpha value is -1.06. The lowest BCUT2D eigenvalue weighted by molar-refractivity contribution is 0.0953. The van der Waals surface area contributed by atoms with E-state index in [2.05, 4.69) is 5.32 Å². The van der Waals surface area contributed by atoms with Gasteiger partial charge in [0.25, 0.3) is 5.91 Å². The van der Waals surface area contributed by atoms with Gasteiger partial charge in [-0.1, -0.05) is 24.4 Å². The van der Waals surface area contributed by atoms with Crippen LogP contribution in [0.4, 0.5) is 0 Å². The molecule has 1 rings (SSSR count). The molecule has 0 saturated carbocycles. The Bertz CT molecular complexity index is 432. The van der Waals surface area contributed by atoms with Crippen molar-refractivity contribution in [2.75, 3.05) is 13.2 Å². The van der Waals surface area contributed by atoms with Crippen LogP contribution in [0.15, 0.2) is 12.1 Å². The summed E-state index contributed by atoms with van der Waals surface area (Å²) in [5.74, 6) is -0.116. The number of hydrogen-bond acceptors (Lipinski definition) is 2. The van der Waals surface area contributed by atoms with Gasteiger partial charge in [-0.15, -0.1) is 0 Å². The highest BCUT2D eigenvalue weighted by atomic mass is 35.5. The van der Waals surface area contributed by atoms with Crippen molar-refractivity contribution in [1.29, 1.82) is 0 Å². The molecule has 0 spiro atoms. The molecule has 0 atom stereocenters. The van der Waals surface area contributed by atoms with Gasteiger partial charge in [0.1, 0.15) is 0 Å². The predicted molar refractivity (Wildman–Crippen MR) is 78.8 cm³/mol. The van der Waals surface area contributed by atoms with Crippen LogP contribution in [0.3, 0.4) is 0 Å². The first-order valence-electron chi connectivity index (χ1n) is 6.72. The summed E-state index contributed by atoms with van der Waals surface area (Å²) >= 11 is 6.09. The van der Waals surface area contributed by atoms with Crippen molar-refractivity contribution in [3.63, 3.8) is 0 Å². The van der Waals surface area contributed by atoms with E-state index < -0.39 is 0 Å². The Kier molecular flexibility index (Phi) is 6.89. The number of nitrogens with one attached hydrogen (secondary N) is 1. The number of aliphatic hydroxyl groups excluding tert-OH is 1. The molecule has 19 heavy (non-hydrogen) atoms. The van der Waals surface area contributed by atoms with E-state index in [4.69, 9.17) is 16.7 Å². The van der Waals surface area contributed by atoms with Crippen molar-refractivity contribution in [2.24, 2.45) is 0 Å². The van der Waals surface area contributed by atoms with Gasteiger partial charge < -0.3 is 10.4 Å². The molecule has 3 nitrogen and oxygen atoms in total. The number of halogens is 1. The molecule has 0 radical (unpaired) electrons. The van der Waals surface area contributed by atoms with E-state index in [1.807, 2.05) is 26.0 Å². The van der Waals surface area contributed by atoms with E-state index in [9.17, 15) is 4.79 Å². The van der Waals surface area contributed by atoms with Crippen LogP contribution in [-0.2, 0) is 0 Å². The molecule has 0 heterocycles. The maximum absolute atomic E-state index is 12.0. The zero-order chi connectivity index (χ0) is 14.3. The van der Waals surface area contributed by atoms with Crippen LogP contribution in [0.25, 0.3) is 0 Å². The van der Waals surface area contributed by atoms with E-state index in [1.54, 1.807) is 0 Å². The second-order valence-corrected chi connectivity index (χ2v) is 5.22. The predicted octanol–water partition coefficient (Wildman–Crippen LogP) is 3.24. The van der Waals surface area contributed by atoms with Crippen LogP contribution >= 0.6 is 11.6 Å². The van der Waals surface area contributed by atoms with Gasteiger partial charge >= 0.3 is 0 Å². The molecule has 2 N–H and O–H groups in total. The Morgan fingerprint density at radius 1 is 1.16 bits per heavy atom. The summed E-state index contributed by atoms with van der Waals surface area (Å²) in [5.41, 5.74) is 2.70. The van der Waals surface area contributed by atoms with Crippen LogP contribution < -0.4 is 5.32 Å². The van der Waals surface area contributed by atoms with E-state index in [-0.39, 0.29) is 12.5 Å². The minimum absolute atomic E-state index is 0.116. The summed E-state index contributed by atoms with van der Waals surface area (Å²) in [7, 11) is 0. The van der Waals surface area contributed by atoms with Crippen molar-refractivity contribution < 1.29 is 9.90 Å². The Morgan fingerprint density at radius 3 is 2.47 bits per heavy atom. The lowest BCUT2D eigenvalue weighted by Gasteiger charge is -2.09. The minimum Gasteiger partial charge on any atom is -0.396 e. The van der Waals surface area contributed by atoms with Gasteiger partial charge in [-0.05, 0) is 49.9 Å². The van der Waals surface area contributed by atoms with Gasteiger partial charge in [0.05, 0.1) is 10.6 Å². The lowest BCUT2D eigenvalue weighted by Crippen LogP contribution is -2.24. The molecule has 1 amide bonds. The molecule has 0 aliphatic rings. The largest absolute Gasteiger partial charge is 0.396 e. The summed E-state index contributed by atoms with van der Waals surface area (Å²) in [4.78, 5) is 12.0. The first-order chi connectivity index (χ1) is 9.06. The molecule has 106 valence electrons. The fourth-order valence-corrected chi connectivity index (χ4v) is 2.15. The third kappa shape index (κ3) is 5.21. The Morgan fingerprint density at radius 2 is 1.79 bits per heavy atom. The normalized spacial score (nSPS) is 10.5. The molecule has 1 aromatic rings. The number of aliphatic hydroxyl groups is 1. The zero-order valence-electron chi connectivity index (χ0n) is 11.6. The maximum Gasteiger partial charge on any atom is 0.252 e. The van der Waals surface area contributed by atoms with Crippen LogP contribution in [0.5, 0.6) is 0 Å². The highest BCUT2D eigenvalue weighted by molar-refractivity contribution is 6.33. The van der Waals surface area contributed by atoms with E-state index in [0.29, 0.717) is 17.1 Å². The van der Waals surface area contributed by atoms with Gasteiger partial charge in [-0.25, -0.2) is 0 Å². The average Bonchev–Trinajstić information content (AvgIpc) is 2.37. The van der Waals surface area contributed by atoms with Crippen molar-refractivity contribution in [3.8, 4) is 0 Å². The Labute approximate surface area is 120 Å². The zero-order valence-corrected chi connectivity index (χ0v) is 12.4. The van der Waals surface area contributed by atoms with Gasteiger partial charge in [0.2, 0.25) is 0 Å². The molecule has 4 heteroatoms. The van der Waals surface area contributed by atoms with Gasteiger partial charge in [0, 0.05) is 13.2 Å². The summed E-state index contributed by atoms with van der Waals surface area (Å²) in [5, 5.41) is 12.0. The number of benzene rings is 1. The topological polar surface area (TPSA) is 49.3 Å². The van der Waals surface area contributed by atoms with Crippen LogP contribution in [-0.4, -0.2) is 24.2 Å². The molecular formula is C15H22ClNO2. The quantitative estimate of drug-likeness (QED) is 0.755. The third-order valence-electron chi connectivity index (χ3n) is 3.20. The molecule has 0 aliphatic heterocycles. The number of carbonyl (C=O) groups excluding carboxylic acids is 1. The first-order valence-corrected chi connectivity index (χ1v) is 7.10. The number of aryl methyl sites for hydroxylation is 2. The van der Waals surface area contributed by atoms with Crippen LogP contribution in [0, 0.1) is 13.8 Å².